The first-order valence-corrected chi connectivity index (χ1v) is 24.7. The van der Waals surface area contributed by atoms with E-state index in [1.807, 2.05) is 33.8 Å². The number of phenols is 2. The number of carbonyl (C=O) groups is 4. The molecule has 72 heavy (non-hydrogen) atoms. The molecule has 6 N–H and O–H groups in total. The number of benzene rings is 3. The number of piperidine rings is 1. The number of carbonyl (C=O) groups excluding carboxylic acids is 4. The molecule has 1 atom stereocenters. The van der Waals surface area contributed by atoms with E-state index >= 15 is 4.39 Å². The van der Waals surface area contributed by atoms with Crippen molar-refractivity contribution in [2.75, 3.05) is 44.6 Å². The number of nitrogens with one attached hydrogen (secondary N) is 4. The Bertz CT molecular complexity index is 2980. The monoisotopic (exact) mass is 1020 g/mol. The third-order valence-electron chi connectivity index (χ3n) is 12.8. The standard InChI is InChI=1S/C52H57Cl2FN10O7/c1-6-56-50(69)48-62-61-47(39-19-37(28(2)3)44(66)21-45(39)67)65(48)36-11-10-32(41(55)18-36)24-63-14-12-30(13-15-63)51(70)64-25-34(26-64)52(71)72-27-43(31-8-7-9-35(53)16-31)60-49(68)42-17-33(22-57-42)38-20-46(59-29(4)5)58-23-40(38)54/h7-11,16-23,28-30,34,43,57,66-67H,6,12-15,24-27H2,1-5H3,(H,56,69)(H,58,59)(H,60,68). The van der Waals surface area contributed by atoms with Crippen LogP contribution in [-0.4, -0.2) is 114 Å². The number of phenolic OH excluding ortho intramolecular Hbond substituents is 2. The highest BCUT2D eigenvalue weighted by molar-refractivity contribution is 6.33. The zero-order valence-electron chi connectivity index (χ0n) is 40.5. The predicted molar refractivity (Wildman–Crippen MR) is 271 cm³/mol. The summed E-state index contributed by atoms with van der Waals surface area (Å²) in [6.07, 6.45) is 4.33. The molecule has 8 rings (SSSR count). The Labute approximate surface area is 426 Å². The largest absolute Gasteiger partial charge is 0.508 e. The molecule has 0 spiro atoms. The van der Waals surface area contributed by atoms with Crippen LogP contribution >= 0.6 is 23.2 Å². The Morgan fingerprint density at radius 1 is 0.903 bits per heavy atom. The van der Waals surface area contributed by atoms with Crippen molar-refractivity contribution in [3.8, 4) is 39.7 Å². The van der Waals surface area contributed by atoms with Gasteiger partial charge in [-0.3, -0.25) is 28.6 Å². The summed E-state index contributed by atoms with van der Waals surface area (Å²) in [5, 5.41) is 39.5. The minimum Gasteiger partial charge on any atom is -0.508 e. The molecule has 2 aliphatic rings. The van der Waals surface area contributed by atoms with Crippen LogP contribution in [0.2, 0.25) is 10.0 Å². The van der Waals surface area contributed by atoms with E-state index in [1.165, 1.54) is 16.7 Å². The van der Waals surface area contributed by atoms with Gasteiger partial charge in [-0.2, -0.15) is 0 Å². The molecule has 1 unspecified atom stereocenters. The number of nitrogens with zero attached hydrogens (tertiary/aromatic N) is 6. The van der Waals surface area contributed by atoms with Gasteiger partial charge in [-0.1, -0.05) is 55.2 Å². The molecular weight excluding hydrogens is 967 g/mol. The van der Waals surface area contributed by atoms with Crippen molar-refractivity contribution in [1.29, 1.82) is 0 Å². The molecule has 20 heteroatoms. The number of likely N-dealkylation sites (tertiary alicyclic amines) is 2. The normalized spacial score (nSPS) is 14.8. The van der Waals surface area contributed by atoms with Gasteiger partial charge in [0.2, 0.25) is 11.7 Å². The molecule has 17 nitrogen and oxygen atoms in total. The third kappa shape index (κ3) is 11.5. The number of hydrogen-bond donors (Lipinski definition) is 6. The van der Waals surface area contributed by atoms with Gasteiger partial charge in [0.05, 0.1) is 28.2 Å². The number of esters is 1. The number of rotatable bonds is 17. The molecule has 0 bridgehead atoms. The molecular formula is C52H57Cl2FN10O7. The fraction of sp³-hybridized carbons (Fsp3) is 0.365. The SMILES string of the molecule is CCNC(=O)c1nnc(-c2cc(C(C)C)c(O)cc2O)n1-c1ccc(CN2CCC(C(=O)N3CC(C(=O)OCC(NC(=O)c4cc(-c5cc(NC(C)C)ncc5Cl)c[nH]4)c4cccc(Cl)c4)C3)CC2)c(F)c1. The Hall–Kier alpha value is -7.02. The second-order valence-corrected chi connectivity index (χ2v) is 19.6. The summed E-state index contributed by atoms with van der Waals surface area (Å²) in [5.41, 5.74) is 3.69. The average molecular weight is 1020 g/mol. The number of aromatic amines is 1. The molecule has 3 aromatic heterocycles. The fourth-order valence-electron chi connectivity index (χ4n) is 8.95. The lowest BCUT2D eigenvalue weighted by molar-refractivity contribution is -0.160. The smallest absolute Gasteiger partial charge is 0.312 e. The summed E-state index contributed by atoms with van der Waals surface area (Å²) in [5.74, 6) is -2.68. The van der Waals surface area contributed by atoms with E-state index in [2.05, 4.69) is 41.0 Å². The quantitative estimate of drug-likeness (QED) is 0.0476. The molecule has 378 valence electrons. The lowest BCUT2D eigenvalue weighted by Gasteiger charge is -2.41. The van der Waals surface area contributed by atoms with Crippen LogP contribution < -0.4 is 16.0 Å². The van der Waals surface area contributed by atoms with Gasteiger partial charge in [0, 0.05) is 78.3 Å². The van der Waals surface area contributed by atoms with Crippen LogP contribution in [-0.2, 0) is 20.9 Å². The van der Waals surface area contributed by atoms with Crippen molar-refractivity contribution < 1.29 is 38.5 Å². The van der Waals surface area contributed by atoms with Gasteiger partial charge in [-0.15, -0.1) is 10.2 Å². The number of pyridine rings is 1. The number of amides is 3. The summed E-state index contributed by atoms with van der Waals surface area (Å²) < 4.78 is 23.2. The molecule has 2 fully saturated rings. The second-order valence-electron chi connectivity index (χ2n) is 18.8. The lowest BCUT2D eigenvalue weighted by Crippen LogP contribution is -2.56. The maximum absolute atomic E-state index is 16.0. The van der Waals surface area contributed by atoms with Gasteiger partial charge in [0.1, 0.15) is 35.4 Å². The van der Waals surface area contributed by atoms with Gasteiger partial charge in [-0.25, -0.2) is 9.37 Å². The molecule has 0 radical (unpaired) electrons. The van der Waals surface area contributed by atoms with E-state index in [0.717, 1.165) is 0 Å². The summed E-state index contributed by atoms with van der Waals surface area (Å²) in [6.45, 7) is 11.4. The van der Waals surface area contributed by atoms with Crippen molar-refractivity contribution in [2.45, 2.75) is 72.0 Å². The van der Waals surface area contributed by atoms with Crippen LogP contribution in [0.5, 0.6) is 11.5 Å². The number of hydrogen-bond acceptors (Lipinski definition) is 12. The summed E-state index contributed by atoms with van der Waals surface area (Å²) >= 11 is 12.8. The summed E-state index contributed by atoms with van der Waals surface area (Å²) in [7, 11) is 0. The van der Waals surface area contributed by atoms with E-state index in [1.54, 1.807) is 72.7 Å². The van der Waals surface area contributed by atoms with Crippen LogP contribution in [0.3, 0.4) is 0 Å². The molecule has 0 aliphatic carbocycles. The molecule has 2 aliphatic heterocycles. The molecule has 5 heterocycles. The van der Waals surface area contributed by atoms with Crippen LogP contribution in [0, 0.1) is 17.7 Å². The maximum Gasteiger partial charge on any atom is 0.312 e. The van der Waals surface area contributed by atoms with Crippen LogP contribution in [0.4, 0.5) is 10.2 Å². The highest BCUT2D eigenvalue weighted by Gasteiger charge is 2.40. The Morgan fingerprint density at radius 3 is 2.36 bits per heavy atom. The minimum absolute atomic E-state index is 0.0445. The maximum atomic E-state index is 16.0. The van der Waals surface area contributed by atoms with Gasteiger partial charge < -0.3 is 40.8 Å². The number of H-pyrrole nitrogens is 1. The first kappa shape index (κ1) is 51.3. The van der Waals surface area contributed by atoms with Crippen molar-refractivity contribution in [1.82, 2.24) is 45.2 Å². The Balaban J connectivity index is 0.847. The topological polar surface area (TPSA) is 220 Å². The van der Waals surface area contributed by atoms with Crippen LogP contribution in [0.25, 0.3) is 28.2 Å². The molecule has 3 aromatic carbocycles. The van der Waals surface area contributed by atoms with E-state index in [-0.39, 0.29) is 90.1 Å². The highest BCUT2D eigenvalue weighted by Crippen LogP contribution is 2.39. The molecule has 6 aromatic rings. The third-order valence-corrected chi connectivity index (χ3v) is 13.4. The molecule has 3 amide bonds. The fourth-order valence-corrected chi connectivity index (χ4v) is 9.36. The zero-order chi connectivity index (χ0) is 51.4. The van der Waals surface area contributed by atoms with Crippen molar-refractivity contribution in [3.63, 3.8) is 0 Å². The van der Waals surface area contributed by atoms with Crippen LogP contribution in [0.15, 0.2) is 79.1 Å². The van der Waals surface area contributed by atoms with E-state index in [4.69, 9.17) is 27.9 Å². The predicted octanol–water partition coefficient (Wildman–Crippen LogP) is 8.26. The summed E-state index contributed by atoms with van der Waals surface area (Å²) in [6, 6.07) is 17.2. The Kier molecular flexibility index (Phi) is 15.8. The van der Waals surface area contributed by atoms with E-state index < -0.39 is 35.6 Å². The zero-order valence-corrected chi connectivity index (χ0v) is 42.0. The Morgan fingerprint density at radius 2 is 1.67 bits per heavy atom. The van der Waals surface area contributed by atoms with Gasteiger partial charge >= 0.3 is 5.97 Å². The molecule has 2 saturated heterocycles. The average Bonchev–Trinajstić information content (AvgIpc) is 4.00. The minimum atomic E-state index is -0.744. The van der Waals surface area contributed by atoms with E-state index in [0.29, 0.717) is 76.2 Å². The van der Waals surface area contributed by atoms with Gasteiger partial charge in [0.15, 0.2) is 5.82 Å². The van der Waals surface area contributed by atoms with Crippen molar-refractivity contribution in [2.24, 2.45) is 11.8 Å². The van der Waals surface area contributed by atoms with E-state index in [9.17, 15) is 29.4 Å². The number of aromatic nitrogens is 5. The number of halogens is 3. The van der Waals surface area contributed by atoms with Crippen LogP contribution in [0.1, 0.15) is 97.2 Å². The number of ether oxygens (including phenoxy) is 1. The second kappa shape index (κ2) is 22.2. The van der Waals surface area contributed by atoms with Crippen molar-refractivity contribution in [3.05, 3.63) is 123 Å². The number of anilines is 1. The van der Waals surface area contributed by atoms with Crippen molar-refractivity contribution >= 4 is 52.7 Å². The first-order chi connectivity index (χ1) is 34.5. The van der Waals surface area contributed by atoms with Gasteiger partial charge in [0.25, 0.3) is 11.8 Å². The summed E-state index contributed by atoms with van der Waals surface area (Å²) in [4.78, 5) is 64.8. The number of aromatic hydroxyl groups is 2. The van der Waals surface area contributed by atoms with Gasteiger partial charge in [-0.05, 0) is 106 Å². The highest BCUT2D eigenvalue weighted by atomic mass is 35.5. The lowest BCUT2D eigenvalue weighted by atomic mass is 9.91. The molecule has 0 saturated carbocycles. The first-order valence-electron chi connectivity index (χ1n) is 23.9.